The number of thioether (sulfide) groups is 1. The van der Waals surface area contributed by atoms with Crippen LogP contribution in [0.25, 0.3) is 6.08 Å². The van der Waals surface area contributed by atoms with Crippen LogP contribution in [0.2, 0.25) is 5.02 Å². The summed E-state index contributed by atoms with van der Waals surface area (Å²) in [5.41, 5.74) is 5.14. The summed E-state index contributed by atoms with van der Waals surface area (Å²) in [6, 6.07) is 9.90. The number of nitrogens with zero attached hydrogens (tertiary/aromatic N) is 2. The van der Waals surface area contributed by atoms with Gasteiger partial charge in [-0.1, -0.05) is 31.5 Å². The van der Waals surface area contributed by atoms with E-state index in [1.807, 2.05) is 31.2 Å². The standard InChI is InChI=1S/C27H32ClN3O2S/c1-7-11-31-22-14-23(33-6)18(12-19(22)16(2)15-27(31,4)5)13-24-25(32)30-26(34-24)29-21-10-8-9-20(28)17(21)3/h8-10,12-14,16H,7,11,15H2,1-6H3,(H,29,30,32)/b24-13+. The lowest BCUT2D eigenvalue weighted by Crippen LogP contribution is -2.48. The van der Waals surface area contributed by atoms with E-state index in [2.05, 4.69) is 55.0 Å². The fourth-order valence-corrected chi connectivity index (χ4v) is 5.91. The van der Waals surface area contributed by atoms with E-state index in [0.717, 1.165) is 42.0 Å². The number of ether oxygens (including phenoxy) is 1. The molecule has 1 amide bonds. The molecule has 180 valence electrons. The number of benzene rings is 2. The molecule has 5 nitrogen and oxygen atoms in total. The van der Waals surface area contributed by atoms with E-state index in [1.54, 1.807) is 7.11 Å². The van der Waals surface area contributed by atoms with Crippen molar-refractivity contribution in [2.45, 2.75) is 58.9 Å². The number of carbonyl (C=O) groups is 1. The Morgan fingerprint density at radius 2 is 2.12 bits per heavy atom. The molecule has 1 fully saturated rings. The summed E-state index contributed by atoms with van der Waals surface area (Å²) in [5.74, 6) is 1.01. The minimum Gasteiger partial charge on any atom is -0.496 e. The Morgan fingerprint density at radius 1 is 1.35 bits per heavy atom. The number of hydrogen-bond donors (Lipinski definition) is 1. The number of amidine groups is 1. The maximum absolute atomic E-state index is 12.8. The second-order valence-electron chi connectivity index (χ2n) is 9.59. The first-order valence-electron chi connectivity index (χ1n) is 11.7. The third kappa shape index (κ3) is 4.71. The molecule has 34 heavy (non-hydrogen) atoms. The van der Waals surface area contributed by atoms with E-state index < -0.39 is 0 Å². The zero-order valence-electron chi connectivity index (χ0n) is 20.7. The first kappa shape index (κ1) is 24.7. The molecule has 2 heterocycles. The molecule has 1 N–H and O–H groups in total. The first-order chi connectivity index (χ1) is 16.1. The van der Waals surface area contributed by atoms with Gasteiger partial charge in [-0.15, -0.1) is 0 Å². The van der Waals surface area contributed by atoms with Crippen LogP contribution in [0.3, 0.4) is 0 Å². The summed E-state index contributed by atoms with van der Waals surface area (Å²) in [6.07, 6.45) is 4.06. The van der Waals surface area contributed by atoms with Crippen LogP contribution in [0.4, 0.5) is 11.4 Å². The molecule has 1 saturated heterocycles. The Kier molecular flexibility index (Phi) is 7.02. The molecule has 4 rings (SSSR count). The van der Waals surface area contributed by atoms with E-state index >= 15 is 0 Å². The van der Waals surface area contributed by atoms with Crippen molar-refractivity contribution in [1.82, 2.24) is 5.32 Å². The topological polar surface area (TPSA) is 53.9 Å². The number of hydrogen-bond acceptors (Lipinski definition) is 5. The van der Waals surface area contributed by atoms with Crippen molar-refractivity contribution < 1.29 is 9.53 Å². The average Bonchev–Trinajstić information content (AvgIpc) is 3.12. The zero-order valence-corrected chi connectivity index (χ0v) is 22.2. The largest absolute Gasteiger partial charge is 0.496 e. The lowest BCUT2D eigenvalue weighted by atomic mass is 9.79. The van der Waals surface area contributed by atoms with Crippen LogP contribution in [0.1, 0.15) is 63.1 Å². The summed E-state index contributed by atoms with van der Waals surface area (Å²) in [5, 5.41) is 4.07. The Hall–Kier alpha value is -2.44. The maximum atomic E-state index is 12.8. The summed E-state index contributed by atoms with van der Waals surface area (Å²) in [6.45, 7) is 12.0. The van der Waals surface area contributed by atoms with Crippen molar-refractivity contribution in [3.8, 4) is 5.75 Å². The lowest BCUT2D eigenvalue weighted by molar-refractivity contribution is -0.115. The van der Waals surface area contributed by atoms with Gasteiger partial charge in [0.05, 0.1) is 17.7 Å². The molecule has 2 aliphatic rings. The second kappa shape index (κ2) is 9.67. The highest BCUT2D eigenvalue weighted by atomic mass is 35.5. The SMILES string of the molecule is CCCN1c2cc(OC)c(/C=C3/SC(=Nc4cccc(Cl)c4C)NC3=O)cc2C(C)CC1(C)C. The Bertz CT molecular complexity index is 1190. The van der Waals surface area contributed by atoms with Crippen LogP contribution < -0.4 is 15.0 Å². The highest BCUT2D eigenvalue weighted by molar-refractivity contribution is 8.18. The smallest absolute Gasteiger partial charge is 0.264 e. The quantitative estimate of drug-likeness (QED) is 0.449. The number of amides is 1. The fourth-order valence-electron chi connectivity index (χ4n) is 4.91. The van der Waals surface area contributed by atoms with E-state index in [9.17, 15) is 4.79 Å². The number of fused-ring (bicyclic) bond motifs is 1. The molecule has 1 unspecified atom stereocenters. The van der Waals surface area contributed by atoms with Gasteiger partial charge in [-0.25, -0.2) is 4.99 Å². The van der Waals surface area contributed by atoms with E-state index in [4.69, 9.17) is 16.3 Å². The number of carbonyl (C=O) groups excluding carboxylic acids is 1. The van der Waals surface area contributed by atoms with Crippen molar-refractivity contribution in [3.63, 3.8) is 0 Å². The molecule has 0 aliphatic carbocycles. The molecule has 0 spiro atoms. The number of halogens is 1. The Morgan fingerprint density at radius 3 is 2.82 bits per heavy atom. The zero-order chi connectivity index (χ0) is 24.6. The van der Waals surface area contributed by atoms with Gasteiger partial charge in [-0.2, -0.15) is 0 Å². The Labute approximate surface area is 211 Å². The van der Waals surface area contributed by atoms with Gasteiger partial charge in [0.25, 0.3) is 5.91 Å². The van der Waals surface area contributed by atoms with E-state index in [1.165, 1.54) is 23.0 Å². The molecule has 2 aromatic rings. The molecule has 0 aromatic heterocycles. The Balaban J connectivity index is 1.71. The third-order valence-electron chi connectivity index (χ3n) is 6.58. The van der Waals surface area contributed by atoms with Gasteiger partial charge >= 0.3 is 0 Å². The van der Waals surface area contributed by atoms with Crippen LogP contribution in [0.5, 0.6) is 5.75 Å². The molecule has 2 aromatic carbocycles. The van der Waals surface area contributed by atoms with Crippen molar-refractivity contribution in [2.24, 2.45) is 4.99 Å². The molecule has 1 atom stereocenters. The molecular weight excluding hydrogens is 466 g/mol. The van der Waals surface area contributed by atoms with Crippen LogP contribution in [0, 0.1) is 6.92 Å². The second-order valence-corrected chi connectivity index (χ2v) is 11.0. The van der Waals surface area contributed by atoms with Gasteiger partial charge in [0.1, 0.15) is 5.75 Å². The third-order valence-corrected chi connectivity index (χ3v) is 7.90. The highest BCUT2D eigenvalue weighted by Gasteiger charge is 2.36. The molecule has 0 saturated carbocycles. The van der Waals surface area contributed by atoms with Crippen LogP contribution in [0.15, 0.2) is 40.2 Å². The van der Waals surface area contributed by atoms with Crippen molar-refractivity contribution >= 4 is 51.9 Å². The molecule has 0 radical (unpaired) electrons. The van der Waals surface area contributed by atoms with E-state index in [0.29, 0.717) is 21.0 Å². The lowest BCUT2D eigenvalue weighted by Gasteiger charge is -2.47. The maximum Gasteiger partial charge on any atom is 0.264 e. The number of nitrogens with one attached hydrogen (secondary N) is 1. The molecule has 2 aliphatic heterocycles. The minimum absolute atomic E-state index is 0.0818. The number of methoxy groups -OCH3 is 1. The predicted molar refractivity (Wildman–Crippen MR) is 145 cm³/mol. The van der Waals surface area contributed by atoms with Gasteiger partial charge in [-0.3, -0.25) is 4.79 Å². The first-order valence-corrected chi connectivity index (χ1v) is 12.9. The van der Waals surface area contributed by atoms with Crippen molar-refractivity contribution in [3.05, 3.63) is 56.9 Å². The molecule has 7 heteroatoms. The van der Waals surface area contributed by atoms with Gasteiger partial charge in [0.2, 0.25) is 0 Å². The monoisotopic (exact) mass is 497 g/mol. The average molecular weight is 498 g/mol. The summed E-state index contributed by atoms with van der Waals surface area (Å²) < 4.78 is 5.78. The number of anilines is 1. The van der Waals surface area contributed by atoms with Crippen molar-refractivity contribution in [2.75, 3.05) is 18.6 Å². The summed E-state index contributed by atoms with van der Waals surface area (Å²) >= 11 is 7.55. The highest BCUT2D eigenvalue weighted by Crippen LogP contribution is 2.46. The van der Waals surface area contributed by atoms with Crippen LogP contribution in [-0.4, -0.2) is 30.3 Å². The summed E-state index contributed by atoms with van der Waals surface area (Å²) in [7, 11) is 1.68. The van der Waals surface area contributed by atoms with E-state index in [-0.39, 0.29) is 11.4 Å². The van der Waals surface area contributed by atoms with Gasteiger partial charge in [0, 0.05) is 34.4 Å². The van der Waals surface area contributed by atoms with Crippen molar-refractivity contribution in [1.29, 1.82) is 0 Å². The fraction of sp³-hybridized carbons (Fsp3) is 0.407. The van der Waals surface area contributed by atoms with Gasteiger partial charge in [-0.05, 0) is 86.7 Å². The van der Waals surface area contributed by atoms with Crippen LogP contribution >= 0.6 is 23.4 Å². The number of aliphatic imine (C=N–C) groups is 1. The van der Waals surface area contributed by atoms with Crippen LogP contribution in [-0.2, 0) is 4.79 Å². The van der Waals surface area contributed by atoms with Gasteiger partial charge < -0.3 is 15.0 Å². The number of rotatable bonds is 5. The molecule has 0 bridgehead atoms. The molecular formula is C27H32ClN3O2S. The van der Waals surface area contributed by atoms with Gasteiger partial charge in [0.15, 0.2) is 5.17 Å². The normalized spacial score (nSPS) is 21.7. The predicted octanol–water partition coefficient (Wildman–Crippen LogP) is 7.05. The summed E-state index contributed by atoms with van der Waals surface area (Å²) in [4.78, 5) is 20.5. The minimum atomic E-state index is -0.162.